The van der Waals surface area contributed by atoms with Crippen LogP contribution in [0.3, 0.4) is 0 Å². The first-order valence-electron chi connectivity index (χ1n) is 8.97. The minimum Gasteiger partial charge on any atom is -0.466 e. The molecule has 0 unspecified atom stereocenters. The number of nitriles is 1. The first-order valence-corrected chi connectivity index (χ1v) is 8.97. The number of halogens is 2. The van der Waals surface area contributed by atoms with Gasteiger partial charge in [0.2, 0.25) is 0 Å². The minimum absolute atomic E-state index is 0. The van der Waals surface area contributed by atoms with Crippen LogP contribution in [0, 0.1) is 23.1 Å². The number of carbonyl (C=O) groups is 1. The molecule has 1 heterocycles. The molecule has 0 bridgehead atoms. The summed E-state index contributed by atoms with van der Waals surface area (Å²) in [7, 11) is 0. The summed E-state index contributed by atoms with van der Waals surface area (Å²) in [6, 6.07) is 6.30. The number of aliphatic imine (C=N–C) groups is 1. The number of ether oxygens (including phenoxy) is 1. The van der Waals surface area contributed by atoms with Gasteiger partial charge in [-0.2, -0.15) is 5.26 Å². The summed E-state index contributed by atoms with van der Waals surface area (Å²) in [5.41, 5.74) is 0.716. The highest BCUT2D eigenvalue weighted by atomic mass is 127. The molecule has 0 aromatic heterocycles. The van der Waals surface area contributed by atoms with Crippen molar-refractivity contribution in [3.63, 3.8) is 0 Å². The summed E-state index contributed by atoms with van der Waals surface area (Å²) >= 11 is 0. The van der Waals surface area contributed by atoms with Gasteiger partial charge >= 0.3 is 5.97 Å². The Morgan fingerprint density at radius 1 is 1.48 bits per heavy atom. The molecule has 2 rings (SSSR count). The van der Waals surface area contributed by atoms with Crippen molar-refractivity contribution in [1.82, 2.24) is 10.2 Å². The Morgan fingerprint density at radius 3 is 2.89 bits per heavy atom. The molecular weight excluding hydrogens is 462 g/mol. The summed E-state index contributed by atoms with van der Waals surface area (Å²) < 4.78 is 19.2. The zero-order chi connectivity index (χ0) is 18.9. The molecule has 1 aliphatic rings. The molecule has 0 radical (unpaired) electrons. The van der Waals surface area contributed by atoms with Crippen LogP contribution in [0.4, 0.5) is 4.39 Å². The lowest BCUT2D eigenvalue weighted by atomic mass is 9.98. The van der Waals surface area contributed by atoms with Crippen LogP contribution >= 0.6 is 24.0 Å². The van der Waals surface area contributed by atoms with Gasteiger partial charge in [-0.05, 0) is 38.8 Å². The van der Waals surface area contributed by atoms with Crippen LogP contribution in [0.1, 0.15) is 37.8 Å². The minimum atomic E-state index is -0.438. The lowest BCUT2D eigenvalue weighted by Gasteiger charge is -2.34. The molecule has 1 aromatic carbocycles. The Bertz CT molecular complexity index is 705. The molecule has 1 atom stereocenters. The molecule has 0 amide bonds. The molecule has 0 aliphatic carbocycles. The quantitative estimate of drug-likeness (QED) is 0.299. The molecule has 1 aromatic rings. The molecule has 0 spiro atoms. The predicted octanol–water partition coefficient (Wildman–Crippen LogP) is 3.06. The molecule has 0 saturated carbocycles. The smallest absolute Gasteiger partial charge is 0.310 e. The zero-order valence-corrected chi connectivity index (χ0v) is 18.0. The second kappa shape index (κ2) is 11.7. The van der Waals surface area contributed by atoms with Gasteiger partial charge in [-0.1, -0.05) is 6.07 Å². The van der Waals surface area contributed by atoms with E-state index in [1.807, 2.05) is 17.9 Å². The van der Waals surface area contributed by atoms with E-state index in [2.05, 4.69) is 10.3 Å². The maximum atomic E-state index is 14.1. The second-order valence-corrected chi connectivity index (χ2v) is 6.13. The van der Waals surface area contributed by atoms with Crippen molar-refractivity contribution in [2.75, 3.05) is 26.2 Å². The molecule has 1 aliphatic heterocycles. The average molecular weight is 488 g/mol. The zero-order valence-electron chi connectivity index (χ0n) is 15.7. The van der Waals surface area contributed by atoms with Gasteiger partial charge in [0.25, 0.3) is 0 Å². The van der Waals surface area contributed by atoms with Crippen molar-refractivity contribution in [3.05, 3.63) is 35.1 Å². The number of esters is 1. The van der Waals surface area contributed by atoms with E-state index in [4.69, 9.17) is 10.00 Å². The molecule has 1 fully saturated rings. The number of guanidine groups is 1. The topological polar surface area (TPSA) is 77.7 Å². The van der Waals surface area contributed by atoms with Crippen molar-refractivity contribution < 1.29 is 13.9 Å². The van der Waals surface area contributed by atoms with Crippen LogP contribution in [0.15, 0.2) is 23.2 Å². The molecule has 8 heteroatoms. The molecule has 1 saturated heterocycles. The first-order chi connectivity index (χ1) is 12.6. The van der Waals surface area contributed by atoms with Crippen LogP contribution in [0.25, 0.3) is 0 Å². The van der Waals surface area contributed by atoms with Gasteiger partial charge < -0.3 is 15.0 Å². The second-order valence-electron chi connectivity index (χ2n) is 6.13. The highest BCUT2D eigenvalue weighted by Crippen LogP contribution is 2.18. The normalized spacial score (nSPS) is 16.9. The van der Waals surface area contributed by atoms with Crippen LogP contribution in [-0.4, -0.2) is 43.1 Å². The van der Waals surface area contributed by atoms with E-state index in [1.165, 1.54) is 6.07 Å². The van der Waals surface area contributed by atoms with E-state index >= 15 is 0 Å². The van der Waals surface area contributed by atoms with Crippen molar-refractivity contribution in [2.24, 2.45) is 10.9 Å². The lowest BCUT2D eigenvalue weighted by Crippen LogP contribution is -2.48. The Hall–Kier alpha value is -1.89. The van der Waals surface area contributed by atoms with Gasteiger partial charge in [-0.3, -0.25) is 4.79 Å². The van der Waals surface area contributed by atoms with Crippen molar-refractivity contribution >= 4 is 35.9 Å². The van der Waals surface area contributed by atoms with Crippen LogP contribution in [0.2, 0.25) is 0 Å². The number of likely N-dealkylation sites (tertiary alicyclic amines) is 1. The van der Waals surface area contributed by atoms with Gasteiger partial charge in [-0.25, -0.2) is 9.38 Å². The summed E-state index contributed by atoms with van der Waals surface area (Å²) in [5.74, 6) is -0.123. The number of benzene rings is 1. The maximum absolute atomic E-state index is 14.1. The van der Waals surface area contributed by atoms with E-state index < -0.39 is 5.82 Å². The van der Waals surface area contributed by atoms with Gasteiger partial charge in [0, 0.05) is 25.2 Å². The fourth-order valence-electron chi connectivity index (χ4n) is 2.95. The predicted molar refractivity (Wildman–Crippen MR) is 112 cm³/mol. The fraction of sp³-hybridized carbons (Fsp3) is 0.526. The number of carbonyl (C=O) groups excluding carboxylic acids is 1. The van der Waals surface area contributed by atoms with Gasteiger partial charge in [0.05, 0.1) is 30.7 Å². The van der Waals surface area contributed by atoms with Gasteiger partial charge in [0.15, 0.2) is 5.96 Å². The molecule has 1 N–H and O–H groups in total. The molecule has 27 heavy (non-hydrogen) atoms. The molecule has 6 nitrogen and oxygen atoms in total. The third-order valence-corrected chi connectivity index (χ3v) is 4.26. The van der Waals surface area contributed by atoms with Crippen molar-refractivity contribution in [1.29, 1.82) is 5.26 Å². The summed E-state index contributed by atoms with van der Waals surface area (Å²) in [6.45, 7) is 6.32. The number of rotatable bonds is 5. The number of piperidine rings is 1. The first kappa shape index (κ1) is 23.1. The van der Waals surface area contributed by atoms with Crippen molar-refractivity contribution in [2.45, 2.75) is 33.2 Å². The molecule has 148 valence electrons. The van der Waals surface area contributed by atoms with Crippen LogP contribution in [0.5, 0.6) is 0 Å². The Labute approximate surface area is 176 Å². The number of hydrogen-bond donors (Lipinski definition) is 1. The Kier molecular flexibility index (Phi) is 10.1. The Balaban J connectivity index is 0.00000364. The third kappa shape index (κ3) is 6.65. The van der Waals surface area contributed by atoms with E-state index in [-0.39, 0.29) is 48.0 Å². The number of nitrogens with zero attached hydrogens (tertiary/aromatic N) is 3. The highest BCUT2D eigenvalue weighted by Gasteiger charge is 2.28. The Morgan fingerprint density at radius 2 is 2.26 bits per heavy atom. The SMILES string of the molecule is CCNC(=NCc1ccc(C#N)cc1F)N1CCC[C@H](C(=O)OCC)C1.I. The fourth-order valence-corrected chi connectivity index (χ4v) is 2.95. The monoisotopic (exact) mass is 488 g/mol. The van der Waals surface area contributed by atoms with Crippen LogP contribution in [-0.2, 0) is 16.1 Å². The van der Waals surface area contributed by atoms with E-state index in [0.717, 1.165) is 19.4 Å². The maximum Gasteiger partial charge on any atom is 0.310 e. The largest absolute Gasteiger partial charge is 0.466 e. The number of nitrogens with one attached hydrogen (secondary N) is 1. The van der Waals surface area contributed by atoms with E-state index in [0.29, 0.717) is 31.2 Å². The average Bonchev–Trinajstić information content (AvgIpc) is 2.66. The van der Waals surface area contributed by atoms with Crippen LogP contribution < -0.4 is 5.32 Å². The third-order valence-electron chi connectivity index (χ3n) is 4.26. The number of hydrogen-bond acceptors (Lipinski definition) is 4. The summed E-state index contributed by atoms with van der Waals surface area (Å²) in [6.07, 6.45) is 1.68. The molecular formula is C19H26FIN4O2. The lowest BCUT2D eigenvalue weighted by molar-refractivity contribution is -0.149. The standard InChI is InChI=1S/C19H25FN4O2.HI/c1-3-22-19(23-12-15-8-7-14(11-21)10-17(15)20)24-9-5-6-16(13-24)18(25)26-4-2;/h7-8,10,16H,3-6,9,12-13H2,1-2H3,(H,22,23);1H/t16-;/m0./s1. The van der Waals surface area contributed by atoms with Crippen molar-refractivity contribution in [3.8, 4) is 6.07 Å². The highest BCUT2D eigenvalue weighted by molar-refractivity contribution is 14.0. The van der Waals surface area contributed by atoms with Gasteiger partial charge in [-0.15, -0.1) is 24.0 Å². The van der Waals surface area contributed by atoms with E-state index in [1.54, 1.807) is 19.1 Å². The summed E-state index contributed by atoms with van der Waals surface area (Å²) in [5, 5.41) is 12.0. The van der Waals surface area contributed by atoms with Gasteiger partial charge in [0.1, 0.15) is 5.82 Å². The summed E-state index contributed by atoms with van der Waals surface area (Å²) in [4.78, 5) is 18.6. The van der Waals surface area contributed by atoms with E-state index in [9.17, 15) is 9.18 Å².